The number of nitrogens with one attached hydrogen (secondary N) is 1. The highest BCUT2D eigenvalue weighted by atomic mass is 19.1. The van der Waals surface area contributed by atoms with Gasteiger partial charge in [0.05, 0.1) is 11.0 Å². The van der Waals surface area contributed by atoms with Gasteiger partial charge in [0.1, 0.15) is 11.6 Å². The van der Waals surface area contributed by atoms with Gasteiger partial charge in [-0.05, 0) is 43.3 Å². The van der Waals surface area contributed by atoms with Crippen LogP contribution in [0.25, 0.3) is 11.0 Å². The summed E-state index contributed by atoms with van der Waals surface area (Å²) in [6, 6.07) is 13.5. The van der Waals surface area contributed by atoms with Crippen molar-refractivity contribution >= 4 is 16.9 Å². The maximum atomic E-state index is 12.9. The molecular formula is C20H20FN3O. The van der Waals surface area contributed by atoms with Crippen LogP contribution in [0.4, 0.5) is 4.39 Å². The third-order valence-electron chi connectivity index (χ3n) is 3.90. The minimum atomic E-state index is -0.356. The van der Waals surface area contributed by atoms with E-state index in [1.165, 1.54) is 24.3 Å². The summed E-state index contributed by atoms with van der Waals surface area (Å²) >= 11 is 0. The van der Waals surface area contributed by atoms with Crippen molar-refractivity contribution in [1.82, 2.24) is 14.9 Å². The van der Waals surface area contributed by atoms with Crippen molar-refractivity contribution in [3.05, 3.63) is 77.9 Å². The fourth-order valence-electron chi connectivity index (χ4n) is 2.75. The average Bonchev–Trinajstić information content (AvgIpc) is 2.93. The van der Waals surface area contributed by atoms with Gasteiger partial charge in [0, 0.05) is 25.1 Å². The second-order valence-electron chi connectivity index (χ2n) is 6.07. The first-order chi connectivity index (χ1) is 12.0. The molecule has 0 aliphatic carbocycles. The zero-order valence-corrected chi connectivity index (χ0v) is 14.1. The van der Waals surface area contributed by atoms with Crippen LogP contribution >= 0.6 is 0 Å². The van der Waals surface area contributed by atoms with Crippen molar-refractivity contribution < 1.29 is 9.18 Å². The first kappa shape index (κ1) is 16.9. The minimum absolute atomic E-state index is 0.220. The Bertz CT molecular complexity index is 912. The molecule has 0 radical (unpaired) electrons. The van der Waals surface area contributed by atoms with Gasteiger partial charge in [-0.25, -0.2) is 9.37 Å². The Hall–Kier alpha value is -2.95. The molecule has 3 aromatic rings. The third-order valence-corrected chi connectivity index (χ3v) is 3.90. The molecule has 0 bridgehead atoms. The summed E-state index contributed by atoms with van der Waals surface area (Å²) in [5, 5.41) is 2.85. The number of allylic oxidation sites excluding steroid dienone is 1. The Balaban J connectivity index is 1.71. The van der Waals surface area contributed by atoms with Crippen LogP contribution in [0.3, 0.4) is 0 Å². The molecule has 3 rings (SSSR count). The number of nitrogens with zero attached hydrogens (tertiary/aromatic N) is 2. The fourth-order valence-corrected chi connectivity index (χ4v) is 2.75. The van der Waals surface area contributed by atoms with Gasteiger partial charge in [-0.1, -0.05) is 24.3 Å². The number of aromatic nitrogens is 2. The molecule has 0 aliphatic heterocycles. The van der Waals surface area contributed by atoms with Gasteiger partial charge < -0.3 is 9.88 Å². The SMILES string of the molecule is C=C(C)Cn1c(CCNC(=O)c2ccc(F)cc2)nc2ccccc21. The lowest BCUT2D eigenvalue weighted by atomic mass is 10.2. The molecule has 0 unspecified atom stereocenters. The van der Waals surface area contributed by atoms with Crippen LogP contribution in [-0.2, 0) is 13.0 Å². The number of halogens is 1. The zero-order valence-electron chi connectivity index (χ0n) is 14.1. The average molecular weight is 337 g/mol. The van der Waals surface area contributed by atoms with Gasteiger partial charge in [0.25, 0.3) is 5.91 Å². The lowest BCUT2D eigenvalue weighted by Gasteiger charge is -2.10. The number of hydrogen-bond acceptors (Lipinski definition) is 2. The Morgan fingerprint density at radius 2 is 1.92 bits per heavy atom. The molecule has 2 aromatic carbocycles. The molecular weight excluding hydrogens is 317 g/mol. The number of carbonyl (C=O) groups is 1. The molecule has 25 heavy (non-hydrogen) atoms. The van der Waals surface area contributed by atoms with Crippen LogP contribution in [0.1, 0.15) is 23.1 Å². The molecule has 0 atom stereocenters. The van der Waals surface area contributed by atoms with Gasteiger partial charge in [0.15, 0.2) is 0 Å². The molecule has 1 aromatic heterocycles. The van der Waals surface area contributed by atoms with E-state index < -0.39 is 0 Å². The summed E-state index contributed by atoms with van der Waals surface area (Å²) in [6.45, 7) is 7.12. The highest BCUT2D eigenvalue weighted by Gasteiger charge is 2.11. The Kier molecular flexibility index (Phi) is 4.93. The third kappa shape index (κ3) is 3.94. The van der Waals surface area contributed by atoms with Crippen LogP contribution < -0.4 is 5.32 Å². The number of carbonyl (C=O) groups excluding carboxylic acids is 1. The number of para-hydroxylation sites is 2. The Morgan fingerprint density at radius 1 is 1.20 bits per heavy atom. The molecule has 0 aliphatic rings. The summed E-state index contributed by atoms with van der Waals surface area (Å²) < 4.78 is 15.1. The van der Waals surface area contributed by atoms with Crippen LogP contribution in [0.5, 0.6) is 0 Å². The maximum absolute atomic E-state index is 12.9. The van der Waals surface area contributed by atoms with E-state index in [9.17, 15) is 9.18 Å². The normalized spacial score (nSPS) is 10.8. The monoisotopic (exact) mass is 337 g/mol. The summed E-state index contributed by atoms with van der Waals surface area (Å²) in [4.78, 5) is 16.8. The molecule has 128 valence electrons. The van der Waals surface area contributed by atoms with Crippen molar-refractivity contribution in [2.75, 3.05) is 6.54 Å². The number of benzene rings is 2. The number of fused-ring (bicyclic) bond motifs is 1. The van der Waals surface area contributed by atoms with Gasteiger partial charge in [-0.15, -0.1) is 0 Å². The number of amides is 1. The second-order valence-corrected chi connectivity index (χ2v) is 6.07. The second kappa shape index (κ2) is 7.30. The van der Waals surface area contributed by atoms with Crippen molar-refractivity contribution in [2.45, 2.75) is 19.9 Å². The van der Waals surface area contributed by atoms with Gasteiger partial charge in [-0.3, -0.25) is 4.79 Å². The Labute approximate surface area is 146 Å². The van der Waals surface area contributed by atoms with E-state index in [1.807, 2.05) is 31.2 Å². The van der Waals surface area contributed by atoms with E-state index in [0.29, 0.717) is 25.1 Å². The molecule has 0 fully saturated rings. The highest BCUT2D eigenvalue weighted by Crippen LogP contribution is 2.17. The van der Waals surface area contributed by atoms with Gasteiger partial charge in [-0.2, -0.15) is 0 Å². The van der Waals surface area contributed by atoms with Crippen molar-refractivity contribution in [3.8, 4) is 0 Å². The van der Waals surface area contributed by atoms with Crippen LogP contribution in [0, 0.1) is 5.82 Å². The van der Waals surface area contributed by atoms with E-state index in [4.69, 9.17) is 0 Å². The number of imidazole rings is 1. The predicted octanol–water partition coefficient (Wildman–Crippen LogP) is 3.72. The van der Waals surface area contributed by atoms with Crippen molar-refractivity contribution in [2.24, 2.45) is 0 Å². The van der Waals surface area contributed by atoms with Crippen molar-refractivity contribution in [3.63, 3.8) is 0 Å². The van der Waals surface area contributed by atoms with Crippen LogP contribution in [0.15, 0.2) is 60.7 Å². The highest BCUT2D eigenvalue weighted by molar-refractivity contribution is 5.94. The van der Waals surface area contributed by atoms with Crippen molar-refractivity contribution in [1.29, 1.82) is 0 Å². The van der Waals surface area contributed by atoms with E-state index in [-0.39, 0.29) is 11.7 Å². The smallest absolute Gasteiger partial charge is 0.251 e. The molecule has 0 saturated heterocycles. The predicted molar refractivity (Wildman–Crippen MR) is 97.0 cm³/mol. The number of hydrogen-bond donors (Lipinski definition) is 1. The molecule has 1 heterocycles. The largest absolute Gasteiger partial charge is 0.352 e. The molecule has 0 saturated carbocycles. The quantitative estimate of drug-likeness (QED) is 0.697. The first-order valence-corrected chi connectivity index (χ1v) is 8.17. The first-order valence-electron chi connectivity index (χ1n) is 8.17. The van der Waals surface area contributed by atoms with E-state index in [2.05, 4.69) is 21.4 Å². The van der Waals surface area contributed by atoms with Gasteiger partial charge in [0.2, 0.25) is 0 Å². The summed E-state index contributed by atoms with van der Waals surface area (Å²) in [7, 11) is 0. The molecule has 0 spiro atoms. The summed E-state index contributed by atoms with van der Waals surface area (Å²) in [6.07, 6.45) is 0.606. The van der Waals surface area contributed by atoms with E-state index >= 15 is 0 Å². The van der Waals surface area contributed by atoms with Crippen LogP contribution in [-0.4, -0.2) is 22.0 Å². The standard InChI is InChI=1S/C20H20FN3O/c1-14(2)13-24-18-6-4-3-5-17(18)23-19(24)11-12-22-20(25)15-7-9-16(21)10-8-15/h3-10H,1,11-13H2,2H3,(H,22,25). The summed E-state index contributed by atoms with van der Waals surface area (Å²) in [5.41, 5.74) is 3.48. The molecule has 5 heteroatoms. The zero-order chi connectivity index (χ0) is 17.8. The topological polar surface area (TPSA) is 46.9 Å². The van der Waals surface area contributed by atoms with E-state index in [1.54, 1.807) is 0 Å². The minimum Gasteiger partial charge on any atom is -0.352 e. The molecule has 4 nitrogen and oxygen atoms in total. The molecule has 1 amide bonds. The maximum Gasteiger partial charge on any atom is 0.251 e. The van der Waals surface area contributed by atoms with Crippen LogP contribution in [0.2, 0.25) is 0 Å². The lowest BCUT2D eigenvalue weighted by molar-refractivity contribution is 0.0954. The number of rotatable bonds is 6. The molecule has 1 N–H and O–H groups in total. The fraction of sp³-hybridized carbons (Fsp3) is 0.200. The Morgan fingerprint density at radius 3 is 2.64 bits per heavy atom. The lowest BCUT2D eigenvalue weighted by Crippen LogP contribution is -2.26. The summed E-state index contributed by atoms with van der Waals surface area (Å²) in [5.74, 6) is 0.330. The van der Waals surface area contributed by atoms with Gasteiger partial charge >= 0.3 is 0 Å². The van der Waals surface area contributed by atoms with E-state index in [0.717, 1.165) is 22.4 Å².